The second-order valence-corrected chi connectivity index (χ2v) is 5.91. The van der Waals surface area contributed by atoms with E-state index in [1.165, 1.54) is 24.3 Å². The van der Waals surface area contributed by atoms with Crippen LogP contribution in [0.25, 0.3) is 0 Å². The number of halogens is 1. The second-order valence-electron chi connectivity index (χ2n) is 3.98. The fourth-order valence-electron chi connectivity index (χ4n) is 1.47. The molecule has 20 heavy (non-hydrogen) atoms. The number of nitrogens with one attached hydrogen (secondary N) is 1. The summed E-state index contributed by atoms with van der Waals surface area (Å²) < 4.78 is 27.2. The molecule has 7 nitrogen and oxygen atoms in total. The summed E-state index contributed by atoms with van der Waals surface area (Å²) >= 11 is 5.80. The molecular weight excluding hydrogens is 306 g/mol. The van der Waals surface area contributed by atoms with Crippen LogP contribution in [-0.2, 0) is 10.0 Å². The zero-order valence-corrected chi connectivity index (χ0v) is 11.8. The van der Waals surface area contributed by atoms with Gasteiger partial charge in [0.25, 0.3) is 5.91 Å². The van der Waals surface area contributed by atoms with Crippen molar-refractivity contribution >= 4 is 33.2 Å². The summed E-state index contributed by atoms with van der Waals surface area (Å²) in [6.07, 6.45) is 0. The number of aromatic nitrogens is 1. The van der Waals surface area contributed by atoms with Gasteiger partial charge in [-0.25, -0.2) is 13.6 Å². The van der Waals surface area contributed by atoms with E-state index in [1.54, 1.807) is 6.92 Å². The van der Waals surface area contributed by atoms with E-state index >= 15 is 0 Å². The van der Waals surface area contributed by atoms with Crippen LogP contribution in [0.15, 0.2) is 33.7 Å². The number of carbonyl (C=O) groups excluding carboxylic acids is 1. The third kappa shape index (κ3) is 3.16. The molecule has 2 rings (SSSR count). The molecule has 0 radical (unpaired) electrons. The Balaban J connectivity index is 2.23. The van der Waals surface area contributed by atoms with E-state index in [9.17, 15) is 13.2 Å². The number of anilines is 1. The van der Waals surface area contributed by atoms with Crippen molar-refractivity contribution in [3.05, 3.63) is 40.7 Å². The Morgan fingerprint density at radius 1 is 1.40 bits per heavy atom. The lowest BCUT2D eigenvalue weighted by Gasteiger charge is -2.06. The SMILES string of the molecule is Cc1cc(C(=O)Nc2ccc(S(N)(=O)=O)c(Cl)c2)on1. The van der Waals surface area contributed by atoms with Crippen LogP contribution in [0.4, 0.5) is 5.69 Å². The maximum atomic E-state index is 11.8. The van der Waals surface area contributed by atoms with Crippen LogP contribution in [0.3, 0.4) is 0 Å². The molecule has 0 saturated carbocycles. The van der Waals surface area contributed by atoms with Crippen LogP contribution in [-0.4, -0.2) is 19.5 Å². The largest absolute Gasteiger partial charge is 0.351 e. The van der Waals surface area contributed by atoms with E-state index < -0.39 is 15.9 Å². The quantitative estimate of drug-likeness (QED) is 0.891. The smallest absolute Gasteiger partial charge is 0.294 e. The van der Waals surface area contributed by atoms with Gasteiger partial charge in [0.2, 0.25) is 15.8 Å². The average Bonchev–Trinajstić information content (AvgIpc) is 2.74. The summed E-state index contributed by atoms with van der Waals surface area (Å²) in [6.45, 7) is 1.68. The van der Waals surface area contributed by atoms with Gasteiger partial charge in [0.1, 0.15) is 4.90 Å². The number of benzene rings is 1. The minimum Gasteiger partial charge on any atom is -0.351 e. The highest BCUT2D eigenvalue weighted by Gasteiger charge is 2.15. The molecule has 0 fully saturated rings. The Bertz CT molecular complexity index is 770. The number of rotatable bonds is 3. The Labute approximate surface area is 119 Å². The highest BCUT2D eigenvalue weighted by Crippen LogP contribution is 2.24. The Kier molecular flexibility index (Phi) is 3.80. The number of nitrogens with two attached hydrogens (primary N) is 1. The van der Waals surface area contributed by atoms with Gasteiger partial charge in [-0.15, -0.1) is 0 Å². The molecule has 0 atom stereocenters. The van der Waals surface area contributed by atoms with Crippen LogP contribution in [0.1, 0.15) is 16.2 Å². The fourth-order valence-corrected chi connectivity index (χ4v) is 2.56. The lowest BCUT2D eigenvalue weighted by Crippen LogP contribution is -2.14. The van der Waals surface area contributed by atoms with Gasteiger partial charge in [0, 0.05) is 11.8 Å². The summed E-state index contributed by atoms with van der Waals surface area (Å²) in [7, 11) is -3.90. The Hall–Kier alpha value is -1.90. The van der Waals surface area contributed by atoms with Crippen LogP contribution in [0, 0.1) is 6.92 Å². The number of hydrogen-bond donors (Lipinski definition) is 2. The molecule has 1 amide bonds. The van der Waals surface area contributed by atoms with Gasteiger partial charge in [-0.2, -0.15) is 0 Å². The van der Waals surface area contributed by atoms with Crippen molar-refractivity contribution in [1.82, 2.24) is 5.16 Å². The molecule has 2 aromatic rings. The van der Waals surface area contributed by atoms with Crippen molar-refractivity contribution in [2.75, 3.05) is 5.32 Å². The molecule has 1 aromatic heterocycles. The van der Waals surface area contributed by atoms with Crippen LogP contribution in [0.2, 0.25) is 5.02 Å². The number of aryl methyl sites for hydroxylation is 1. The molecule has 0 aliphatic rings. The van der Waals surface area contributed by atoms with Gasteiger partial charge >= 0.3 is 0 Å². The molecule has 9 heteroatoms. The molecule has 0 unspecified atom stereocenters. The van der Waals surface area contributed by atoms with Gasteiger partial charge in [-0.1, -0.05) is 16.8 Å². The van der Waals surface area contributed by atoms with E-state index in [1.807, 2.05) is 0 Å². The minimum atomic E-state index is -3.90. The highest BCUT2D eigenvalue weighted by atomic mass is 35.5. The normalized spacial score (nSPS) is 11.3. The first-order valence-corrected chi connectivity index (χ1v) is 7.27. The van der Waals surface area contributed by atoms with Gasteiger partial charge in [0.15, 0.2) is 0 Å². The molecule has 3 N–H and O–H groups in total. The molecule has 0 aliphatic carbocycles. The molecular formula is C11H10ClN3O4S. The number of sulfonamides is 1. The predicted molar refractivity (Wildman–Crippen MR) is 72.0 cm³/mol. The lowest BCUT2D eigenvalue weighted by molar-refractivity contribution is 0.0988. The van der Waals surface area contributed by atoms with Crippen LogP contribution in [0.5, 0.6) is 0 Å². The van der Waals surface area contributed by atoms with Crippen molar-refractivity contribution in [1.29, 1.82) is 0 Å². The van der Waals surface area contributed by atoms with E-state index in [-0.39, 0.29) is 15.7 Å². The van der Waals surface area contributed by atoms with E-state index in [0.717, 1.165) is 0 Å². The van der Waals surface area contributed by atoms with E-state index in [2.05, 4.69) is 10.5 Å². The molecule has 1 aromatic carbocycles. The maximum absolute atomic E-state index is 11.8. The van der Waals surface area contributed by atoms with Gasteiger partial charge in [0.05, 0.1) is 10.7 Å². The molecule has 0 saturated heterocycles. The highest BCUT2D eigenvalue weighted by molar-refractivity contribution is 7.89. The average molecular weight is 316 g/mol. The lowest BCUT2D eigenvalue weighted by atomic mass is 10.3. The van der Waals surface area contributed by atoms with Crippen molar-refractivity contribution in [3.8, 4) is 0 Å². The number of hydrogen-bond acceptors (Lipinski definition) is 5. The summed E-state index contributed by atoms with van der Waals surface area (Å²) in [5, 5.41) is 11.0. The first kappa shape index (κ1) is 14.5. The zero-order chi connectivity index (χ0) is 14.9. The predicted octanol–water partition coefficient (Wildman–Crippen LogP) is 1.54. The van der Waals surface area contributed by atoms with Crippen molar-refractivity contribution in [3.63, 3.8) is 0 Å². The Morgan fingerprint density at radius 2 is 2.10 bits per heavy atom. The molecule has 0 aliphatic heterocycles. The molecule has 0 bridgehead atoms. The summed E-state index contributed by atoms with van der Waals surface area (Å²) in [5.41, 5.74) is 0.874. The Morgan fingerprint density at radius 3 is 2.60 bits per heavy atom. The molecule has 106 valence electrons. The van der Waals surface area contributed by atoms with Gasteiger partial charge in [-0.3, -0.25) is 4.79 Å². The standard InChI is InChI=1S/C11H10ClN3O4S/c1-6-4-9(19-15-6)11(16)14-7-2-3-10(8(12)5-7)20(13,17)18/h2-5H,1H3,(H,14,16)(H2,13,17,18). The monoisotopic (exact) mass is 315 g/mol. The van der Waals surface area contributed by atoms with Gasteiger partial charge < -0.3 is 9.84 Å². The number of amides is 1. The summed E-state index contributed by atoms with van der Waals surface area (Å²) in [6, 6.07) is 5.32. The summed E-state index contributed by atoms with van der Waals surface area (Å²) in [4.78, 5) is 11.6. The second kappa shape index (κ2) is 5.23. The third-order valence-electron chi connectivity index (χ3n) is 2.35. The third-order valence-corrected chi connectivity index (χ3v) is 3.74. The van der Waals surface area contributed by atoms with Crippen molar-refractivity contribution < 1.29 is 17.7 Å². The topological polar surface area (TPSA) is 115 Å². The van der Waals surface area contributed by atoms with Crippen LogP contribution >= 0.6 is 11.6 Å². The van der Waals surface area contributed by atoms with Crippen molar-refractivity contribution in [2.45, 2.75) is 11.8 Å². The van der Waals surface area contributed by atoms with Crippen LogP contribution < -0.4 is 10.5 Å². The fraction of sp³-hybridized carbons (Fsp3) is 0.0909. The summed E-state index contributed by atoms with van der Waals surface area (Å²) in [5.74, 6) is -0.487. The first-order chi connectivity index (χ1) is 9.27. The minimum absolute atomic E-state index is 0.0362. The number of nitrogens with zero attached hydrogens (tertiary/aromatic N) is 1. The first-order valence-electron chi connectivity index (χ1n) is 5.34. The van der Waals surface area contributed by atoms with Crippen molar-refractivity contribution in [2.24, 2.45) is 5.14 Å². The van der Waals surface area contributed by atoms with E-state index in [0.29, 0.717) is 11.4 Å². The maximum Gasteiger partial charge on any atom is 0.294 e. The zero-order valence-electron chi connectivity index (χ0n) is 10.3. The number of primary sulfonamides is 1. The molecule has 0 spiro atoms. The van der Waals surface area contributed by atoms with E-state index in [4.69, 9.17) is 21.3 Å². The van der Waals surface area contributed by atoms with Gasteiger partial charge in [-0.05, 0) is 25.1 Å². The number of carbonyl (C=O) groups is 1. The molecule has 1 heterocycles.